The zero-order valence-electron chi connectivity index (χ0n) is 22.1. The van der Waals surface area contributed by atoms with Gasteiger partial charge in [-0.15, -0.1) is 0 Å². The van der Waals surface area contributed by atoms with Crippen molar-refractivity contribution in [2.45, 2.75) is 57.2 Å². The van der Waals surface area contributed by atoms with Gasteiger partial charge in [-0.1, -0.05) is 56.5 Å². The van der Waals surface area contributed by atoms with E-state index < -0.39 is 23.7 Å². The van der Waals surface area contributed by atoms with Gasteiger partial charge in [-0.05, 0) is 48.6 Å². The molecule has 2 amide bonds. The van der Waals surface area contributed by atoms with Crippen LogP contribution < -0.4 is 15.8 Å². The lowest BCUT2D eigenvalue weighted by atomic mass is 9.97. The Bertz CT molecular complexity index is 1380. The molecule has 2 aromatic carbocycles. The summed E-state index contributed by atoms with van der Waals surface area (Å²) in [5.74, 6) is 0.577. The molecule has 40 heavy (non-hydrogen) atoms. The normalized spacial score (nSPS) is 14.3. The van der Waals surface area contributed by atoms with E-state index in [9.17, 15) is 22.8 Å². The van der Waals surface area contributed by atoms with Crippen LogP contribution in [-0.2, 0) is 0 Å². The second kappa shape index (κ2) is 12.5. The highest BCUT2D eigenvalue weighted by Gasteiger charge is 2.56. The Morgan fingerprint density at radius 3 is 2.27 bits per heavy atom. The molecule has 1 heterocycles. The number of nitrogens with one attached hydrogen (secondary N) is 1. The number of carbonyl (C=O) groups is 2. The fourth-order valence-corrected chi connectivity index (χ4v) is 4.45. The number of nitrogens with zero attached hydrogens (tertiary/aromatic N) is 3. The van der Waals surface area contributed by atoms with E-state index in [0.29, 0.717) is 46.6 Å². The standard InChI is InChI=1S/C20H19ClN4O2.C7H10F3NO2/c1-11(2)12-5-4-6-14(9-12)18-23-19(25-20(24-18)27-3)15-10-13(17(22)26)7-8-16(15)21;8-7(9,10)6(11-5(12)13)3-1-2-4-6/h4-11H,1-3H3,(H2,22,26);11H,1-4H2,(H,12,13). The first-order valence-electron chi connectivity index (χ1n) is 12.3. The van der Waals surface area contributed by atoms with Gasteiger partial charge < -0.3 is 20.9 Å². The molecule has 1 aromatic heterocycles. The van der Waals surface area contributed by atoms with Crippen LogP contribution in [0.1, 0.15) is 61.4 Å². The molecular weight excluding hydrogens is 551 g/mol. The fourth-order valence-electron chi connectivity index (χ4n) is 4.25. The molecule has 3 aromatic rings. The predicted molar refractivity (Wildman–Crippen MR) is 143 cm³/mol. The van der Waals surface area contributed by atoms with E-state index in [-0.39, 0.29) is 18.9 Å². The van der Waals surface area contributed by atoms with Gasteiger partial charge in [0, 0.05) is 16.7 Å². The Hall–Kier alpha value is -3.93. The van der Waals surface area contributed by atoms with Crippen molar-refractivity contribution in [1.82, 2.24) is 20.3 Å². The minimum atomic E-state index is -4.48. The zero-order valence-corrected chi connectivity index (χ0v) is 22.8. The van der Waals surface area contributed by atoms with E-state index in [1.54, 1.807) is 23.5 Å². The van der Waals surface area contributed by atoms with Crippen LogP contribution in [0.25, 0.3) is 22.8 Å². The van der Waals surface area contributed by atoms with E-state index in [0.717, 1.165) is 5.56 Å². The smallest absolute Gasteiger partial charge is 0.411 e. The van der Waals surface area contributed by atoms with Crippen LogP contribution in [0, 0.1) is 0 Å². The van der Waals surface area contributed by atoms with Gasteiger partial charge in [-0.25, -0.2) is 9.78 Å². The predicted octanol–water partition coefficient (Wildman–Crippen LogP) is 6.22. The average Bonchev–Trinajstić information content (AvgIpc) is 3.38. The molecule has 1 fully saturated rings. The number of amides is 2. The molecule has 0 radical (unpaired) electrons. The van der Waals surface area contributed by atoms with E-state index >= 15 is 0 Å². The van der Waals surface area contributed by atoms with Crippen molar-refractivity contribution in [1.29, 1.82) is 0 Å². The summed E-state index contributed by atoms with van der Waals surface area (Å²) in [5, 5.41) is 10.3. The molecule has 1 saturated carbocycles. The molecule has 0 spiro atoms. The highest BCUT2D eigenvalue weighted by atomic mass is 35.5. The number of hydrogen-bond donors (Lipinski definition) is 3. The summed E-state index contributed by atoms with van der Waals surface area (Å²) >= 11 is 6.30. The van der Waals surface area contributed by atoms with Crippen LogP contribution >= 0.6 is 11.6 Å². The second-order valence-corrected chi connectivity index (χ2v) is 9.93. The lowest BCUT2D eigenvalue weighted by Crippen LogP contribution is -2.56. The Kier molecular flexibility index (Phi) is 9.56. The van der Waals surface area contributed by atoms with E-state index in [1.807, 2.05) is 18.2 Å². The van der Waals surface area contributed by atoms with Crippen LogP contribution in [-0.4, -0.2) is 50.9 Å². The number of nitrogens with two attached hydrogens (primary N) is 1. The van der Waals surface area contributed by atoms with E-state index in [1.165, 1.54) is 12.7 Å². The van der Waals surface area contributed by atoms with Gasteiger partial charge in [-0.3, -0.25) is 4.79 Å². The third kappa shape index (κ3) is 7.17. The highest BCUT2D eigenvalue weighted by molar-refractivity contribution is 6.33. The van der Waals surface area contributed by atoms with E-state index in [2.05, 4.69) is 34.9 Å². The van der Waals surface area contributed by atoms with Crippen molar-refractivity contribution >= 4 is 23.6 Å². The van der Waals surface area contributed by atoms with Gasteiger partial charge in [0.05, 0.1) is 12.1 Å². The van der Waals surface area contributed by atoms with Gasteiger partial charge >= 0.3 is 18.3 Å². The van der Waals surface area contributed by atoms with Crippen molar-refractivity contribution in [2.75, 3.05) is 7.11 Å². The molecule has 0 bridgehead atoms. The summed E-state index contributed by atoms with van der Waals surface area (Å²) < 4.78 is 42.6. The lowest BCUT2D eigenvalue weighted by Gasteiger charge is -2.31. The fraction of sp³-hybridized carbons (Fsp3) is 0.370. The van der Waals surface area contributed by atoms with Crippen LogP contribution in [0.2, 0.25) is 5.02 Å². The summed E-state index contributed by atoms with van der Waals surface area (Å²) in [6.45, 7) is 4.24. The molecule has 0 unspecified atom stereocenters. The minimum absolute atomic E-state index is 0.150. The number of rotatable bonds is 6. The molecule has 0 aliphatic heterocycles. The number of alkyl halides is 3. The average molecular weight is 580 g/mol. The first-order chi connectivity index (χ1) is 18.8. The largest absolute Gasteiger partial charge is 0.467 e. The number of carboxylic acid groups (broad SMARTS) is 1. The number of ether oxygens (including phenoxy) is 1. The summed E-state index contributed by atoms with van der Waals surface area (Å²) in [4.78, 5) is 34.9. The molecule has 13 heteroatoms. The van der Waals surface area contributed by atoms with E-state index in [4.69, 9.17) is 27.2 Å². The number of aromatic nitrogens is 3. The van der Waals surface area contributed by atoms with Gasteiger partial charge in [0.1, 0.15) is 5.54 Å². The molecule has 4 N–H and O–H groups in total. The molecule has 214 valence electrons. The third-order valence-corrected chi connectivity index (χ3v) is 6.78. The van der Waals surface area contributed by atoms with Gasteiger partial charge in [0.15, 0.2) is 11.6 Å². The number of carbonyl (C=O) groups excluding carboxylic acids is 1. The number of hydrogen-bond acceptors (Lipinski definition) is 6. The molecule has 4 rings (SSSR count). The number of methoxy groups -OCH3 is 1. The van der Waals surface area contributed by atoms with Gasteiger partial charge in [0.25, 0.3) is 0 Å². The second-order valence-electron chi connectivity index (χ2n) is 9.53. The monoisotopic (exact) mass is 579 g/mol. The first-order valence-corrected chi connectivity index (χ1v) is 12.7. The summed E-state index contributed by atoms with van der Waals surface area (Å²) in [6, 6.07) is 12.8. The SMILES string of the molecule is COc1nc(-c2cccc(C(C)C)c2)nc(-c2cc(C(N)=O)ccc2Cl)n1.O=C(O)NC1(C(F)(F)F)CCCC1. The number of halogens is 4. The van der Waals surface area contributed by atoms with Crippen molar-refractivity contribution in [3.8, 4) is 28.8 Å². The topological polar surface area (TPSA) is 140 Å². The number of primary amides is 1. The van der Waals surface area contributed by atoms with Crippen LogP contribution in [0.5, 0.6) is 6.01 Å². The quantitative estimate of drug-likeness (QED) is 0.315. The van der Waals surface area contributed by atoms with Gasteiger partial charge in [0.2, 0.25) is 5.91 Å². The maximum Gasteiger partial charge on any atom is 0.411 e. The molecule has 0 atom stereocenters. The lowest BCUT2D eigenvalue weighted by molar-refractivity contribution is -0.192. The third-order valence-electron chi connectivity index (χ3n) is 6.45. The van der Waals surface area contributed by atoms with Crippen LogP contribution in [0.15, 0.2) is 42.5 Å². The summed E-state index contributed by atoms with van der Waals surface area (Å²) in [7, 11) is 1.48. The molecule has 1 aliphatic carbocycles. The molecular formula is C27H29ClF3N5O4. The Balaban J connectivity index is 0.000000285. The Morgan fingerprint density at radius 1 is 1.07 bits per heavy atom. The maximum atomic E-state index is 12.5. The van der Waals surface area contributed by atoms with Gasteiger partial charge in [-0.2, -0.15) is 23.1 Å². The maximum absolute atomic E-state index is 12.5. The van der Waals surface area contributed by atoms with Crippen LogP contribution in [0.4, 0.5) is 18.0 Å². The summed E-state index contributed by atoms with van der Waals surface area (Å²) in [5.41, 5.74) is 5.98. The summed E-state index contributed by atoms with van der Waals surface area (Å²) in [6.07, 6.45) is -5.56. The van der Waals surface area contributed by atoms with Crippen molar-refractivity contribution < 1.29 is 32.6 Å². The molecule has 0 saturated heterocycles. The molecule has 1 aliphatic rings. The van der Waals surface area contributed by atoms with Crippen molar-refractivity contribution in [2.24, 2.45) is 5.73 Å². The Morgan fingerprint density at radius 2 is 1.73 bits per heavy atom. The zero-order chi connectivity index (χ0) is 29.7. The number of benzene rings is 2. The van der Waals surface area contributed by atoms with Crippen LogP contribution in [0.3, 0.4) is 0 Å². The highest BCUT2D eigenvalue weighted by Crippen LogP contribution is 2.42. The minimum Gasteiger partial charge on any atom is -0.467 e. The van der Waals surface area contributed by atoms with Crippen molar-refractivity contribution in [3.63, 3.8) is 0 Å². The van der Waals surface area contributed by atoms with Crippen molar-refractivity contribution in [3.05, 3.63) is 58.6 Å². The Labute approximate surface area is 234 Å². The molecule has 9 nitrogen and oxygen atoms in total. The first kappa shape index (κ1) is 30.6.